The van der Waals surface area contributed by atoms with E-state index in [-0.39, 0.29) is 21.6 Å². The van der Waals surface area contributed by atoms with Crippen LogP contribution in [0.5, 0.6) is 0 Å². The Kier molecular flexibility index (Phi) is 3.90. The maximum atomic E-state index is 12.3. The van der Waals surface area contributed by atoms with Crippen molar-refractivity contribution in [1.82, 2.24) is 4.90 Å². The number of hydrogen-bond acceptors (Lipinski definition) is 5. The number of carbonyl (C=O) groups excluding carboxylic acids is 3. The zero-order chi connectivity index (χ0) is 18.4. The van der Waals surface area contributed by atoms with Crippen molar-refractivity contribution < 1.29 is 22.8 Å². The first-order chi connectivity index (χ1) is 11.7. The summed E-state index contributed by atoms with van der Waals surface area (Å²) in [6, 6.07) is 9.55. The molecule has 0 saturated carbocycles. The SMILES string of the molecule is CN1C(=O)c2ccc(C(=O)Nc3ccc(S(N)(=O)=O)cc3)cc2C1=O. The lowest BCUT2D eigenvalue weighted by Gasteiger charge is -2.07. The van der Waals surface area contributed by atoms with Crippen molar-refractivity contribution in [3.63, 3.8) is 0 Å². The van der Waals surface area contributed by atoms with Crippen molar-refractivity contribution in [2.75, 3.05) is 12.4 Å². The van der Waals surface area contributed by atoms with Gasteiger partial charge in [0.2, 0.25) is 10.0 Å². The first-order valence-electron chi connectivity index (χ1n) is 7.09. The molecule has 9 heteroatoms. The van der Waals surface area contributed by atoms with Crippen LogP contribution in [0.3, 0.4) is 0 Å². The monoisotopic (exact) mass is 359 g/mol. The third kappa shape index (κ3) is 3.02. The van der Waals surface area contributed by atoms with Crippen molar-refractivity contribution in [2.24, 2.45) is 5.14 Å². The number of nitrogens with one attached hydrogen (secondary N) is 1. The van der Waals surface area contributed by atoms with E-state index in [2.05, 4.69) is 5.32 Å². The predicted molar refractivity (Wildman–Crippen MR) is 88.6 cm³/mol. The van der Waals surface area contributed by atoms with Crippen LogP contribution in [0.25, 0.3) is 0 Å². The fourth-order valence-corrected chi connectivity index (χ4v) is 2.95. The molecule has 2 aromatic rings. The standard InChI is InChI=1S/C16H13N3O5S/c1-19-15(21)12-7-2-9(8-13(12)16(19)22)14(20)18-10-3-5-11(6-4-10)25(17,23)24/h2-8H,1H3,(H,18,20)(H2,17,23,24). The maximum absolute atomic E-state index is 12.3. The average molecular weight is 359 g/mol. The number of amides is 3. The van der Waals surface area contributed by atoms with Crippen LogP contribution < -0.4 is 10.5 Å². The van der Waals surface area contributed by atoms with E-state index in [1.165, 1.54) is 49.5 Å². The van der Waals surface area contributed by atoms with E-state index in [1.54, 1.807) is 0 Å². The zero-order valence-electron chi connectivity index (χ0n) is 13.0. The van der Waals surface area contributed by atoms with Gasteiger partial charge in [-0.2, -0.15) is 0 Å². The molecule has 0 aromatic heterocycles. The Bertz CT molecular complexity index is 1010. The lowest BCUT2D eigenvalue weighted by atomic mass is 10.1. The summed E-state index contributed by atoms with van der Waals surface area (Å²) in [6.45, 7) is 0. The van der Waals surface area contributed by atoms with Crippen molar-refractivity contribution in [3.05, 3.63) is 59.2 Å². The topological polar surface area (TPSA) is 127 Å². The highest BCUT2D eigenvalue weighted by Crippen LogP contribution is 2.23. The van der Waals surface area contributed by atoms with E-state index >= 15 is 0 Å². The van der Waals surface area contributed by atoms with Crippen LogP contribution in [-0.2, 0) is 10.0 Å². The Balaban J connectivity index is 1.83. The fraction of sp³-hybridized carbons (Fsp3) is 0.0625. The van der Waals surface area contributed by atoms with E-state index < -0.39 is 27.7 Å². The lowest BCUT2D eigenvalue weighted by Crippen LogP contribution is -2.24. The second-order valence-corrected chi connectivity index (χ2v) is 7.01. The van der Waals surface area contributed by atoms with Crippen LogP contribution in [0, 0.1) is 0 Å². The third-order valence-corrected chi connectivity index (χ3v) is 4.72. The van der Waals surface area contributed by atoms with Gasteiger partial charge >= 0.3 is 0 Å². The molecule has 0 spiro atoms. The molecule has 8 nitrogen and oxygen atoms in total. The van der Waals surface area contributed by atoms with Gasteiger partial charge in [-0.1, -0.05) is 0 Å². The van der Waals surface area contributed by atoms with Crippen molar-refractivity contribution >= 4 is 33.4 Å². The molecule has 0 unspecified atom stereocenters. The molecule has 3 N–H and O–H groups in total. The summed E-state index contributed by atoms with van der Waals surface area (Å²) in [4.78, 5) is 37.0. The number of imide groups is 1. The lowest BCUT2D eigenvalue weighted by molar-refractivity contribution is 0.0693. The second-order valence-electron chi connectivity index (χ2n) is 5.45. The normalized spacial score (nSPS) is 13.8. The minimum absolute atomic E-state index is 0.0739. The minimum atomic E-state index is -3.81. The molecular formula is C16H13N3O5S. The van der Waals surface area contributed by atoms with Gasteiger partial charge in [0.25, 0.3) is 17.7 Å². The molecule has 25 heavy (non-hydrogen) atoms. The maximum Gasteiger partial charge on any atom is 0.261 e. The number of rotatable bonds is 3. The first-order valence-corrected chi connectivity index (χ1v) is 8.64. The zero-order valence-corrected chi connectivity index (χ0v) is 13.8. The quantitative estimate of drug-likeness (QED) is 0.784. The molecule has 0 saturated heterocycles. The van der Waals surface area contributed by atoms with E-state index in [4.69, 9.17) is 5.14 Å². The van der Waals surface area contributed by atoms with Gasteiger partial charge in [0.15, 0.2) is 0 Å². The van der Waals surface area contributed by atoms with Gasteiger partial charge in [-0.25, -0.2) is 13.6 Å². The number of nitrogens with zero attached hydrogens (tertiary/aromatic N) is 1. The summed E-state index contributed by atoms with van der Waals surface area (Å²) in [5.41, 5.74) is 0.981. The Labute approximate surface area is 143 Å². The fourth-order valence-electron chi connectivity index (χ4n) is 2.43. The minimum Gasteiger partial charge on any atom is -0.322 e. The summed E-state index contributed by atoms with van der Waals surface area (Å²) >= 11 is 0. The highest BCUT2D eigenvalue weighted by molar-refractivity contribution is 7.89. The molecule has 0 fully saturated rings. The van der Waals surface area contributed by atoms with Crippen LogP contribution in [0.15, 0.2) is 47.4 Å². The molecule has 0 bridgehead atoms. The smallest absolute Gasteiger partial charge is 0.261 e. The number of benzene rings is 2. The molecule has 1 heterocycles. The van der Waals surface area contributed by atoms with Gasteiger partial charge in [-0.05, 0) is 42.5 Å². The molecule has 0 atom stereocenters. The molecule has 0 aliphatic carbocycles. The van der Waals surface area contributed by atoms with Gasteiger partial charge in [-0.15, -0.1) is 0 Å². The summed E-state index contributed by atoms with van der Waals surface area (Å²) in [5.74, 6) is -1.38. The second kappa shape index (κ2) is 5.80. The molecule has 128 valence electrons. The third-order valence-electron chi connectivity index (χ3n) is 3.79. The summed E-state index contributed by atoms with van der Waals surface area (Å²) < 4.78 is 22.4. The molecule has 1 aliphatic rings. The van der Waals surface area contributed by atoms with Crippen LogP contribution >= 0.6 is 0 Å². The number of fused-ring (bicyclic) bond motifs is 1. The van der Waals surface area contributed by atoms with Gasteiger partial charge in [-0.3, -0.25) is 19.3 Å². The van der Waals surface area contributed by atoms with Crippen LogP contribution in [-0.4, -0.2) is 38.1 Å². The van der Waals surface area contributed by atoms with Crippen molar-refractivity contribution in [2.45, 2.75) is 4.90 Å². The highest BCUT2D eigenvalue weighted by atomic mass is 32.2. The molecule has 1 aliphatic heterocycles. The van der Waals surface area contributed by atoms with Crippen molar-refractivity contribution in [1.29, 1.82) is 0 Å². The molecular weight excluding hydrogens is 346 g/mol. The van der Waals surface area contributed by atoms with Crippen molar-refractivity contribution in [3.8, 4) is 0 Å². The highest BCUT2D eigenvalue weighted by Gasteiger charge is 2.33. The Morgan fingerprint density at radius 2 is 1.60 bits per heavy atom. The van der Waals surface area contributed by atoms with E-state index in [1.807, 2.05) is 0 Å². The predicted octanol–water partition coefficient (Wildman–Crippen LogP) is 0.812. The van der Waals surface area contributed by atoms with Gasteiger partial charge in [0, 0.05) is 18.3 Å². The summed E-state index contributed by atoms with van der Waals surface area (Å²) in [5, 5.41) is 7.59. The Morgan fingerprint density at radius 3 is 2.20 bits per heavy atom. The van der Waals surface area contributed by atoms with Gasteiger partial charge in [0.05, 0.1) is 16.0 Å². The van der Waals surface area contributed by atoms with E-state index in [9.17, 15) is 22.8 Å². The average Bonchev–Trinajstić information content (AvgIpc) is 2.79. The largest absolute Gasteiger partial charge is 0.322 e. The first kappa shape index (κ1) is 16.8. The number of carbonyl (C=O) groups is 3. The van der Waals surface area contributed by atoms with Crippen LogP contribution in [0.1, 0.15) is 31.1 Å². The summed E-state index contributed by atoms with van der Waals surface area (Å²) in [7, 11) is -2.44. The number of nitrogens with two attached hydrogens (primary N) is 1. The van der Waals surface area contributed by atoms with E-state index in [0.717, 1.165) is 4.90 Å². The number of primary sulfonamides is 1. The Hall–Kier alpha value is -3.04. The molecule has 0 radical (unpaired) electrons. The van der Waals surface area contributed by atoms with E-state index in [0.29, 0.717) is 5.69 Å². The molecule has 3 amide bonds. The van der Waals surface area contributed by atoms with Gasteiger partial charge in [0.1, 0.15) is 0 Å². The molecule has 2 aromatic carbocycles. The Morgan fingerprint density at radius 1 is 1.00 bits per heavy atom. The summed E-state index contributed by atoms with van der Waals surface area (Å²) in [6.07, 6.45) is 0. The molecule has 3 rings (SSSR count). The van der Waals surface area contributed by atoms with Crippen LogP contribution in [0.4, 0.5) is 5.69 Å². The number of sulfonamides is 1. The van der Waals surface area contributed by atoms with Gasteiger partial charge < -0.3 is 5.32 Å². The number of anilines is 1. The van der Waals surface area contributed by atoms with Crippen LogP contribution in [0.2, 0.25) is 0 Å². The number of hydrogen-bond donors (Lipinski definition) is 2.